The number of aliphatic hydroxyl groups is 1. The van der Waals surface area contributed by atoms with E-state index in [1.54, 1.807) is 0 Å². The minimum absolute atomic E-state index is 0. The normalized spacial score (nSPS) is 10.0. The van der Waals surface area contributed by atoms with Gasteiger partial charge in [-0.2, -0.15) is 7.82 Å². The Labute approximate surface area is 301 Å². The number of hydrogen-bond acceptors (Lipinski definition) is 6. The van der Waals surface area contributed by atoms with Gasteiger partial charge in [-0.3, -0.25) is 0 Å². The topological polar surface area (TPSA) is 116 Å². The molecule has 0 aromatic heterocycles. The van der Waals surface area contributed by atoms with E-state index in [9.17, 15) is 0 Å². The van der Waals surface area contributed by atoms with Crippen molar-refractivity contribution in [3.8, 4) is 0 Å². The molecule has 0 spiro atoms. The van der Waals surface area contributed by atoms with E-state index in [0.717, 1.165) is 13.0 Å². The van der Waals surface area contributed by atoms with Gasteiger partial charge in [-0.25, -0.2) is 0 Å². The summed E-state index contributed by atoms with van der Waals surface area (Å²) in [5, 5.41) is 8.56. The molecule has 0 amide bonds. The maximum absolute atomic E-state index is 8.56. The van der Waals surface area contributed by atoms with Gasteiger partial charge in [0.05, 0.1) is 13.2 Å². The fourth-order valence-corrected chi connectivity index (χ4v) is 2.57. The van der Waals surface area contributed by atoms with E-state index >= 15 is 0 Å². The van der Waals surface area contributed by atoms with Gasteiger partial charge in [0, 0.05) is 6.61 Å². The number of hydrogen-bond donors (Lipinski definition) is 1. The second-order valence-electron chi connectivity index (χ2n) is 6.38. The van der Waals surface area contributed by atoms with Gasteiger partial charge in [-0.15, -0.1) is 0 Å². The third-order valence-electron chi connectivity index (χ3n) is 3.88. The third kappa shape index (κ3) is 57.6. The van der Waals surface area contributed by atoms with Crippen LogP contribution in [-0.4, -0.2) is 24.9 Å². The first kappa shape index (κ1) is 43.0. The summed E-state index contributed by atoms with van der Waals surface area (Å²) in [6.07, 6.45) is 19.5. The van der Waals surface area contributed by atoms with Crippen molar-refractivity contribution in [3.05, 3.63) is 0 Å². The maximum atomic E-state index is 8.56. The van der Waals surface area contributed by atoms with Gasteiger partial charge in [0.25, 0.3) is 0 Å². The summed E-state index contributed by atoms with van der Waals surface area (Å²) >= 11 is 0. The van der Waals surface area contributed by atoms with Crippen LogP contribution in [0.1, 0.15) is 96.8 Å². The molecule has 0 aromatic carbocycles. The van der Waals surface area contributed by atoms with Crippen LogP contribution in [0.3, 0.4) is 0 Å². The van der Waals surface area contributed by atoms with E-state index in [2.05, 4.69) is 6.92 Å². The van der Waals surface area contributed by atoms with Crippen LogP contribution >= 0.6 is 7.82 Å². The van der Waals surface area contributed by atoms with Crippen LogP contribution in [0.2, 0.25) is 0 Å². The largest absolute Gasteiger partial charge is 1.00 e. The van der Waals surface area contributed by atoms with Gasteiger partial charge >= 0.3 is 154 Å². The molecule has 0 aliphatic carbocycles. The number of phosphoric acid groups is 1. The SMILES string of the molecule is CCCCCCCCCCCCCCCCOCCO.O=P([O-])([O-])[O-].[K+].[K+].[K+]. The molecule has 1 N–H and O–H groups in total. The van der Waals surface area contributed by atoms with Crippen LogP contribution in [0.25, 0.3) is 0 Å². The van der Waals surface area contributed by atoms with Crippen molar-refractivity contribution in [3.63, 3.8) is 0 Å². The molecule has 0 atom stereocenters. The van der Waals surface area contributed by atoms with Gasteiger partial charge < -0.3 is 29.1 Å². The Bertz CT molecular complexity index is 270. The van der Waals surface area contributed by atoms with Crippen molar-refractivity contribution in [1.29, 1.82) is 0 Å². The molecule has 0 aromatic rings. The molecule has 6 nitrogen and oxygen atoms in total. The van der Waals surface area contributed by atoms with Crippen molar-refractivity contribution >= 4 is 7.82 Å². The zero-order valence-electron chi connectivity index (χ0n) is 19.0. The predicted molar refractivity (Wildman–Crippen MR) is 95.8 cm³/mol. The molecule has 0 radical (unpaired) electrons. The summed E-state index contributed by atoms with van der Waals surface area (Å²) in [4.78, 5) is 25.6. The molecule has 10 heteroatoms. The van der Waals surface area contributed by atoms with Gasteiger partial charge in [0.1, 0.15) is 0 Å². The maximum Gasteiger partial charge on any atom is 1.00 e. The molecule has 0 heterocycles. The molecule has 0 bridgehead atoms. The van der Waals surface area contributed by atoms with Crippen molar-refractivity contribution in [1.82, 2.24) is 0 Å². The van der Waals surface area contributed by atoms with Crippen molar-refractivity contribution < 1.29 is 183 Å². The van der Waals surface area contributed by atoms with Crippen molar-refractivity contribution in [2.75, 3.05) is 19.8 Å². The molecule has 0 rings (SSSR count). The molecule has 0 unspecified atom stereocenters. The molecule has 28 heavy (non-hydrogen) atoms. The zero-order chi connectivity index (χ0) is 19.2. The average Bonchev–Trinajstić information content (AvgIpc) is 2.53. The van der Waals surface area contributed by atoms with Crippen LogP contribution in [0.4, 0.5) is 0 Å². The Hall–Kier alpha value is 4.94. The quantitative estimate of drug-likeness (QED) is 0.121. The van der Waals surface area contributed by atoms with E-state index in [0.29, 0.717) is 6.61 Å². The molecular weight excluding hydrogens is 460 g/mol. The number of unbranched alkanes of at least 4 members (excludes halogenated alkanes) is 13. The summed E-state index contributed by atoms with van der Waals surface area (Å²) in [6, 6.07) is 0. The minimum atomic E-state index is -5.39. The number of ether oxygens (including phenoxy) is 1. The Morgan fingerprint density at radius 2 is 0.929 bits per heavy atom. The first-order valence-corrected chi connectivity index (χ1v) is 11.3. The summed E-state index contributed by atoms with van der Waals surface area (Å²) in [5.74, 6) is 0. The first-order valence-electron chi connectivity index (χ1n) is 9.83. The Balaban J connectivity index is -0.000000195. The van der Waals surface area contributed by atoms with E-state index in [-0.39, 0.29) is 161 Å². The Kier molecular flexibility index (Phi) is 56.1. The van der Waals surface area contributed by atoms with Crippen molar-refractivity contribution in [2.24, 2.45) is 0 Å². The molecular formula is C18H38K3O6P. The minimum Gasteiger partial charge on any atom is -0.822 e. The Morgan fingerprint density at radius 3 is 1.21 bits per heavy atom. The van der Waals surface area contributed by atoms with E-state index in [1.165, 1.54) is 83.5 Å². The van der Waals surface area contributed by atoms with Crippen LogP contribution in [-0.2, 0) is 9.30 Å². The second kappa shape index (κ2) is 36.5. The van der Waals surface area contributed by atoms with Crippen molar-refractivity contribution in [2.45, 2.75) is 96.8 Å². The molecule has 154 valence electrons. The molecule has 0 saturated heterocycles. The molecule has 0 aliphatic rings. The Morgan fingerprint density at radius 1 is 0.643 bits per heavy atom. The fraction of sp³-hybridized carbons (Fsp3) is 1.00. The zero-order valence-corrected chi connectivity index (χ0v) is 29.2. The summed E-state index contributed by atoms with van der Waals surface area (Å²) in [6.45, 7) is 3.75. The number of aliphatic hydroxyl groups excluding tert-OH is 1. The van der Waals surface area contributed by atoms with Gasteiger partial charge in [0.2, 0.25) is 0 Å². The van der Waals surface area contributed by atoms with Crippen LogP contribution in [0.5, 0.6) is 0 Å². The smallest absolute Gasteiger partial charge is 0.822 e. The average molecular weight is 499 g/mol. The standard InChI is InChI=1S/C18H38O2.3K.H3O4P/c1-2-3-4-5-6-7-8-9-10-11-12-13-14-15-17-20-18-16-19;;;;1-5(2,3)4/h19H,2-18H2,1H3;;;;(H3,1,2,3,4)/q;3*+1;/p-3. The van der Waals surface area contributed by atoms with Crippen LogP contribution in [0.15, 0.2) is 0 Å². The molecule has 0 saturated carbocycles. The summed E-state index contributed by atoms with van der Waals surface area (Å²) in [7, 11) is -5.39. The van der Waals surface area contributed by atoms with Crippen LogP contribution in [0, 0.1) is 0 Å². The molecule has 0 aliphatic heterocycles. The van der Waals surface area contributed by atoms with Gasteiger partial charge in [-0.05, 0) is 6.42 Å². The van der Waals surface area contributed by atoms with Crippen LogP contribution < -0.4 is 169 Å². The number of rotatable bonds is 17. The monoisotopic (exact) mass is 498 g/mol. The van der Waals surface area contributed by atoms with E-state index in [1.807, 2.05) is 0 Å². The fourth-order valence-electron chi connectivity index (χ4n) is 2.57. The van der Waals surface area contributed by atoms with Gasteiger partial charge in [-0.1, -0.05) is 90.4 Å². The van der Waals surface area contributed by atoms with E-state index < -0.39 is 7.82 Å². The first-order chi connectivity index (χ1) is 11.9. The third-order valence-corrected chi connectivity index (χ3v) is 3.88. The predicted octanol–water partition coefficient (Wildman–Crippen LogP) is -6.34. The van der Waals surface area contributed by atoms with Gasteiger partial charge in [0.15, 0.2) is 0 Å². The summed E-state index contributed by atoms with van der Waals surface area (Å²) in [5.41, 5.74) is 0. The second-order valence-corrected chi connectivity index (χ2v) is 7.27. The molecule has 0 fully saturated rings. The van der Waals surface area contributed by atoms with E-state index in [4.69, 9.17) is 29.1 Å². The summed E-state index contributed by atoms with van der Waals surface area (Å²) < 4.78 is 13.8.